The molecule has 1 saturated carbocycles. The molecule has 102 valence electrons. The molecular formula is C16H33N. The highest BCUT2D eigenvalue weighted by Gasteiger charge is 2.31. The van der Waals surface area contributed by atoms with Gasteiger partial charge in [-0.25, -0.2) is 0 Å². The van der Waals surface area contributed by atoms with Crippen LogP contribution in [0.5, 0.6) is 0 Å². The first-order valence-electron chi connectivity index (χ1n) is 7.86. The first-order valence-corrected chi connectivity index (χ1v) is 7.86. The van der Waals surface area contributed by atoms with Crippen LogP contribution in [0.15, 0.2) is 0 Å². The van der Waals surface area contributed by atoms with E-state index in [1.165, 1.54) is 64.2 Å². The summed E-state index contributed by atoms with van der Waals surface area (Å²) in [7, 11) is 0. The molecule has 0 aromatic carbocycles. The summed E-state index contributed by atoms with van der Waals surface area (Å²) in [6.45, 7) is 7.00. The lowest BCUT2D eigenvalue weighted by molar-refractivity contribution is 0.183. The summed E-state index contributed by atoms with van der Waals surface area (Å²) >= 11 is 0. The third-order valence-electron chi connectivity index (χ3n) is 4.75. The van der Waals surface area contributed by atoms with Crippen LogP contribution in [-0.2, 0) is 0 Å². The van der Waals surface area contributed by atoms with Crippen LogP contribution in [0.1, 0.15) is 85.0 Å². The Morgan fingerprint density at radius 3 is 2.18 bits per heavy atom. The van der Waals surface area contributed by atoms with Crippen LogP contribution in [0, 0.1) is 11.8 Å². The molecule has 0 aromatic rings. The fraction of sp³-hybridized carbons (Fsp3) is 1.00. The van der Waals surface area contributed by atoms with Gasteiger partial charge in [-0.05, 0) is 43.9 Å². The van der Waals surface area contributed by atoms with Crippen molar-refractivity contribution in [3.8, 4) is 0 Å². The average Bonchev–Trinajstić information content (AvgIpc) is 2.29. The SMILES string of the molecule is CCCCCCCC1(N)CCC(C(C)C)CC1. The monoisotopic (exact) mass is 239 g/mol. The average molecular weight is 239 g/mol. The van der Waals surface area contributed by atoms with E-state index in [0.29, 0.717) is 0 Å². The summed E-state index contributed by atoms with van der Waals surface area (Å²) < 4.78 is 0. The number of nitrogens with two attached hydrogens (primary N) is 1. The Hall–Kier alpha value is -0.0400. The van der Waals surface area contributed by atoms with E-state index in [4.69, 9.17) is 5.73 Å². The second kappa shape index (κ2) is 7.41. The molecule has 0 atom stereocenters. The van der Waals surface area contributed by atoms with Crippen molar-refractivity contribution in [3.05, 3.63) is 0 Å². The molecule has 0 bridgehead atoms. The maximum Gasteiger partial charge on any atom is 0.0154 e. The van der Waals surface area contributed by atoms with Crippen LogP contribution in [-0.4, -0.2) is 5.54 Å². The highest BCUT2D eigenvalue weighted by atomic mass is 14.7. The van der Waals surface area contributed by atoms with Crippen molar-refractivity contribution in [2.75, 3.05) is 0 Å². The maximum atomic E-state index is 6.54. The van der Waals surface area contributed by atoms with Crippen molar-refractivity contribution < 1.29 is 0 Å². The molecule has 0 amide bonds. The Morgan fingerprint density at radius 2 is 1.65 bits per heavy atom. The van der Waals surface area contributed by atoms with Crippen LogP contribution < -0.4 is 5.73 Å². The zero-order valence-electron chi connectivity index (χ0n) is 12.3. The third kappa shape index (κ3) is 5.42. The molecule has 1 heteroatoms. The normalized spacial score (nSPS) is 29.8. The van der Waals surface area contributed by atoms with Crippen LogP contribution in [0.25, 0.3) is 0 Å². The van der Waals surface area contributed by atoms with E-state index in [0.717, 1.165) is 11.8 Å². The molecule has 0 saturated heterocycles. The van der Waals surface area contributed by atoms with Crippen LogP contribution in [0.2, 0.25) is 0 Å². The first-order chi connectivity index (χ1) is 8.07. The molecule has 0 unspecified atom stereocenters. The van der Waals surface area contributed by atoms with E-state index in [9.17, 15) is 0 Å². The molecule has 0 spiro atoms. The summed E-state index contributed by atoms with van der Waals surface area (Å²) in [6, 6.07) is 0. The number of unbranched alkanes of at least 4 members (excludes halogenated alkanes) is 4. The van der Waals surface area contributed by atoms with E-state index in [-0.39, 0.29) is 5.54 Å². The lowest BCUT2D eigenvalue weighted by atomic mass is 9.71. The zero-order chi connectivity index (χ0) is 12.7. The van der Waals surface area contributed by atoms with Crippen molar-refractivity contribution in [1.29, 1.82) is 0 Å². The Bertz CT molecular complexity index is 190. The van der Waals surface area contributed by atoms with Crippen molar-refractivity contribution in [1.82, 2.24) is 0 Å². The molecule has 0 heterocycles. The minimum atomic E-state index is 0.192. The first kappa shape index (κ1) is 15.0. The zero-order valence-corrected chi connectivity index (χ0v) is 12.3. The molecule has 1 nitrogen and oxygen atoms in total. The van der Waals surface area contributed by atoms with Gasteiger partial charge in [-0.3, -0.25) is 0 Å². The van der Waals surface area contributed by atoms with Gasteiger partial charge in [0.15, 0.2) is 0 Å². The quantitative estimate of drug-likeness (QED) is 0.629. The van der Waals surface area contributed by atoms with Crippen LogP contribution in [0.4, 0.5) is 0 Å². The summed E-state index contributed by atoms with van der Waals surface area (Å²) in [5.41, 5.74) is 6.73. The van der Waals surface area contributed by atoms with Gasteiger partial charge in [0.25, 0.3) is 0 Å². The molecule has 1 fully saturated rings. The highest BCUT2D eigenvalue weighted by Crippen LogP contribution is 2.36. The summed E-state index contributed by atoms with van der Waals surface area (Å²) in [5, 5.41) is 0. The maximum absolute atomic E-state index is 6.54. The summed E-state index contributed by atoms with van der Waals surface area (Å²) in [4.78, 5) is 0. The highest BCUT2D eigenvalue weighted by molar-refractivity contribution is 4.90. The van der Waals surface area contributed by atoms with Crippen LogP contribution >= 0.6 is 0 Å². The lowest BCUT2D eigenvalue weighted by Gasteiger charge is -2.38. The number of rotatable bonds is 7. The van der Waals surface area contributed by atoms with E-state index in [2.05, 4.69) is 20.8 Å². The van der Waals surface area contributed by atoms with Gasteiger partial charge in [-0.15, -0.1) is 0 Å². The molecule has 1 aliphatic rings. The molecule has 1 aliphatic carbocycles. The lowest BCUT2D eigenvalue weighted by Crippen LogP contribution is -2.43. The van der Waals surface area contributed by atoms with Crippen molar-refractivity contribution in [2.24, 2.45) is 17.6 Å². The van der Waals surface area contributed by atoms with E-state index < -0.39 is 0 Å². The largest absolute Gasteiger partial charge is 0.325 e. The fourth-order valence-corrected chi connectivity index (χ4v) is 3.21. The Balaban J connectivity index is 2.16. The standard InChI is InChI=1S/C16H33N/c1-4-5-6-7-8-11-16(17)12-9-15(10-13-16)14(2)3/h14-15H,4-13,17H2,1-3H3. The number of hydrogen-bond acceptors (Lipinski definition) is 1. The molecule has 1 rings (SSSR count). The Kier molecular flexibility index (Phi) is 6.54. The second-order valence-corrected chi connectivity index (χ2v) is 6.61. The summed E-state index contributed by atoms with van der Waals surface area (Å²) in [6.07, 6.45) is 13.4. The molecule has 2 N–H and O–H groups in total. The van der Waals surface area contributed by atoms with Gasteiger partial charge in [-0.1, -0.05) is 52.9 Å². The van der Waals surface area contributed by atoms with E-state index in [1.54, 1.807) is 0 Å². The van der Waals surface area contributed by atoms with Gasteiger partial charge < -0.3 is 5.73 Å². The van der Waals surface area contributed by atoms with Gasteiger partial charge in [0.1, 0.15) is 0 Å². The van der Waals surface area contributed by atoms with Gasteiger partial charge in [0, 0.05) is 5.54 Å². The van der Waals surface area contributed by atoms with Crippen molar-refractivity contribution >= 4 is 0 Å². The van der Waals surface area contributed by atoms with Gasteiger partial charge in [-0.2, -0.15) is 0 Å². The minimum absolute atomic E-state index is 0.192. The minimum Gasteiger partial charge on any atom is -0.325 e. The molecule has 0 aliphatic heterocycles. The fourth-order valence-electron chi connectivity index (χ4n) is 3.21. The summed E-state index contributed by atoms with van der Waals surface area (Å²) in [5.74, 6) is 1.79. The van der Waals surface area contributed by atoms with Crippen molar-refractivity contribution in [3.63, 3.8) is 0 Å². The molecule has 0 radical (unpaired) electrons. The molecular weight excluding hydrogens is 206 g/mol. The molecule has 0 aromatic heterocycles. The van der Waals surface area contributed by atoms with Crippen molar-refractivity contribution in [2.45, 2.75) is 90.5 Å². The smallest absolute Gasteiger partial charge is 0.0154 e. The molecule has 17 heavy (non-hydrogen) atoms. The van der Waals surface area contributed by atoms with Gasteiger partial charge >= 0.3 is 0 Å². The predicted molar refractivity (Wildman–Crippen MR) is 77.1 cm³/mol. The second-order valence-electron chi connectivity index (χ2n) is 6.61. The van der Waals surface area contributed by atoms with Gasteiger partial charge in [0.05, 0.1) is 0 Å². The Labute approximate surface area is 109 Å². The third-order valence-corrected chi connectivity index (χ3v) is 4.75. The van der Waals surface area contributed by atoms with E-state index in [1.807, 2.05) is 0 Å². The predicted octanol–water partition coefficient (Wildman–Crippen LogP) is 4.89. The Morgan fingerprint density at radius 1 is 1.06 bits per heavy atom. The van der Waals surface area contributed by atoms with E-state index >= 15 is 0 Å². The van der Waals surface area contributed by atoms with Crippen LogP contribution in [0.3, 0.4) is 0 Å². The van der Waals surface area contributed by atoms with Gasteiger partial charge in [0.2, 0.25) is 0 Å². The topological polar surface area (TPSA) is 26.0 Å². The number of hydrogen-bond donors (Lipinski definition) is 1.